The summed E-state index contributed by atoms with van der Waals surface area (Å²) in [7, 11) is 4.87. The summed E-state index contributed by atoms with van der Waals surface area (Å²) in [5.74, 6) is 2.04. The summed E-state index contributed by atoms with van der Waals surface area (Å²) < 4.78 is 16.2. The van der Waals surface area contributed by atoms with Gasteiger partial charge in [0.1, 0.15) is 17.2 Å². The Balaban J connectivity index is 1.56. The van der Waals surface area contributed by atoms with Gasteiger partial charge in [-0.2, -0.15) is 0 Å². The molecule has 0 unspecified atom stereocenters. The van der Waals surface area contributed by atoms with E-state index in [9.17, 15) is 4.79 Å². The van der Waals surface area contributed by atoms with E-state index in [-0.39, 0.29) is 5.91 Å². The average molecular weight is 456 g/mol. The Bertz CT molecular complexity index is 1400. The Kier molecular flexibility index (Phi) is 5.45. The number of rotatable bonds is 6. The van der Waals surface area contributed by atoms with Crippen LogP contribution in [0.1, 0.15) is 21.6 Å². The van der Waals surface area contributed by atoms with Crippen molar-refractivity contribution >= 4 is 22.5 Å². The normalized spacial score (nSPS) is 12.7. The maximum atomic E-state index is 13.3. The minimum absolute atomic E-state index is 0.106. The molecule has 1 amide bonds. The van der Waals surface area contributed by atoms with Gasteiger partial charge in [-0.15, -0.1) is 0 Å². The lowest BCUT2D eigenvalue weighted by molar-refractivity contribution is 0.0767. The first-order chi connectivity index (χ1) is 16.5. The van der Waals surface area contributed by atoms with Crippen molar-refractivity contribution in [1.82, 2.24) is 9.88 Å². The molecule has 0 atom stereocenters. The number of amides is 1. The molecule has 0 saturated carbocycles. The quantitative estimate of drug-likeness (QED) is 0.455. The van der Waals surface area contributed by atoms with Crippen LogP contribution in [-0.2, 0) is 13.1 Å². The minimum Gasteiger partial charge on any atom is -0.497 e. The lowest BCUT2D eigenvalue weighted by Gasteiger charge is -2.15. The summed E-state index contributed by atoms with van der Waals surface area (Å²) in [5.41, 5.74) is 11.7. The second kappa shape index (κ2) is 8.59. The monoisotopic (exact) mass is 455 g/mol. The van der Waals surface area contributed by atoms with Crippen LogP contribution in [0.2, 0.25) is 0 Å². The number of nitrogen functional groups attached to an aromatic ring is 1. The molecule has 0 bridgehead atoms. The number of hydrogen-bond acceptors (Lipinski definition) is 6. The largest absolute Gasteiger partial charge is 0.497 e. The molecule has 0 aliphatic carbocycles. The first kappa shape index (κ1) is 21.6. The van der Waals surface area contributed by atoms with Crippen LogP contribution >= 0.6 is 0 Å². The van der Waals surface area contributed by atoms with Crippen LogP contribution in [0, 0.1) is 0 Å². The van der Waals surface area contributed by atoms with Crippen LogP contribution in [0.5, 0.6) is 17.2 Å². The highest BCUT2D eigenvalue weighted by molar-refractivity contribution is 6.11. The van der Waals surface area contributed by atoms with Crippen molar-refractivity contribution in [2.24, 2.45) is 0 Å². The van der Waals surface area contributed by atoms with Crippen LogP contribution in [0.15, 0.2) is 60.7 Å². The third-order valence-corrected chi connectivity index (χ3v) is 6.20. The molecule has 0 radical (unpaired) electrons. The summed E-state index contributed by atoms with van der Waals surface area (Å²) >= 11 is 0. The Morgan fingerprint density at radius 3 is 2.35 bits per heavy atom. The fourth-order valence-corrected chi connectivity index (χ4v) is 4.44. The molecule has 1 aromatic heterocycles. The number of carbonyl (C=O) groups excluding carboxylic acids is 1. The lowest BCUT2D eigenvalue weighted by Crippen LogP contribution is -2.23. The first-order valence-electron chi connectivity index (χ1n) is 10.9. The Morgan fingerprint density at radius 2 is 1.65 bits per heavy atom. The van der Waals surface area contributed by atoms with E-state index in [1.807, 2.05) is 60.7 Å². The van der Waals surface area contributed by atoms with Gasteiger partial charge in [0.15, 0.2) is 0 Å². The summed E-state index contributed by atoms with van der Waals surface area (Å²) in [5, 5.41) is 0.744. The van der Waals surface area contributed by atoms with Crippen LogP contribution in [-0.4, -0.2) is 37.1 Å². The zero-order chi connectivity index (χ0) is 23.8. The number of benzene rings is 3. The molecule has 0 spiro atoms. The van der Waals surface area contributed by atoms with Crippen LogP contribution in [0.4, 0.5) is 5.69 Å². The summed E-state index contributed by atoms with van der Waals surface area (Å²) in [6, 6.07) is 19.1. The van der Waals surface area contributed by atoms with Gasteiger partial charge in [0.2, 0.25) is 0 Å². The van der Waals surface area contributed by atoms with E-state index < -0.39 is 0 Å². The number of anilines is 1. The predicted molar refractivity (Wildman–Crippen MR) is 131 cm³/mol. The summed E-state index contributed by atoms with van der Waals surface area (Å²) in [6.07, 6.45) is 0. The molecule has 34 heavy (non-hydrogen) atoms. The number of pyridine rings is 1. The number of para-hydroxylation sites is 1. The van der Waals surface area contributed by atoms with Crippen LogP contribution in [0.25, 0.3) is 22.0 Å². The van der Waals surface area contributed by atoms with Crippen molar-refractivity contribution < 1.29 is 19.0 Å². The second-order valence-electron chi connectivity index (χ2n) is 8.12. The number of nitrogens with zero attached hydrogens (tertiary/aromatic N) is 2. The molecule has 2 N–H and O–H groups in total. The fourth-order valence-electron chi connectivity index (χ4n) is 4.44. The van der Waals surface area contributed by atoms with Gasteiger partial charge < -0.3 is 24.8 Å². The lowest BCUT2D eigenvalue weighted by atomic mass is 9.98. The molecule has 4 aromatic rings. The molecule has 0 saturated heterocycles. The molecular formula is C27H25N3O4. The topological polar surface area (TPSA) is 86.9 Å². The van der Waals surface area contributed by atoms with E-state index in [2.05, 4.69) is 0 Å². The fraction of sp³-hybridized carbons (Fsp3) is 0.185. The smallest absolute Gasteiger partial charge is 0.258 e. The van der Waals surface area contributed by atoms with E-state index >= 15 is 0 Å². The molecule has 7 heteroatoms. The molecular weight excluding hydrogens is 430 g/mol. The summed E-state index contributed by atoms with van der Waals surface area (Å²) in [4.78, 5) is 20.0. The van der Waals surface area contributed by atoms with Crippen LogP contribution < -0.4 is 19.9 Å². The Labute approximate surface area is 197 Å². The van der Waals surface area contributed by atoms with E-state index in [1.165, 1.54) is 0 Å². The maximum Gasteiger partial charge on any atom is 0.258 e. The summed E-state index contributed by atoms with van der Waals surface area (Å²) in [6.45, 7) is 0.864. The molecule has 2 heterocycles. The van der Waals surface area contributed by atoms with Crippen molar-refractivity contribution in [2.45, 2.75) is 13.1 Å². The van der Waals surface area contributed by atoms with E-state index in [0.29, 0.717) is 41.5 Å². The van der Waals surface area contributed by atoms with Gasteiger partial charge in [0.05, 0.1) is 50.3 Å². The average Bonchev–Trinajstić information content (AvgIpc) is 3.18. The van der Waals surface area contributed by atoms with Crippen LogP contribution in [0.3, 0.4) is 0 Å². The second-order valence-corrected chi connectivity index (χ2v) is 8.12. The molecule has 5 rings (SSSR count). The van der Waals surface area contributed by atoms with Gasteiger partial charge in [-0.05, 0) is 29.8 Å². The highest BCUT2D eigenvalue weighted by Crippen LogP contribution is 2.40. The van der Waals surface area contributed by atoms with Gasteiger partial charge in [0, 0.05) is 29.1 Å². The number of aromatic nitrogens is 1. The van der Waals surface area contributed by atoms with Crippen molar-refractivity contribution in [1.29, 1.82) is 0 Å². The minimum atomic E-state index is -0.106. The van der Waals surface area contributed by atoms with Gasteiger partial charge in [-0.3, -0.25) is 4.79 Å². The number of carbonyl (C=O) groups is 1. The SMILES string of the molecule is COc1ccc(CN2Cc3nc4c(-c5ccc(OC)cc5OC)cccc4c(N)c3C2=O)cc1. The van der Waals surface area contributed by atoms with Gasteiger partial charge in [-0.1, -0.05) is 30.3 Å². The molecule has 1 aliphatic rings. The highest BCUT2D eigenvalue weighted by atomic mass is 16.5. The van der Waals surface area contributed by atoms with E-state index in [1.54, 1.807) is 26.2 Å². The number of hydrogen-bond donors (Lipinski definition) is 1. The highest BCUT2D eigenvalue weighted by Gasteiger charge is 2.32. The number of nitrogens with two attached hydrogens (primary N) is 1. The zero-order valence-corrected chi connectivity index (χ0v) is 19.3. The molecule has 3 aromatic carbocycles. The predicted octanol–water partition coefficient (Wildman–Crippen LogP) is 4.67. The third kappa shape index (κ3) is 3.55. The Hall–Kier alpha value is -4.26. The molecule has 1 aliphatic heterocycles. The third-order valence-electron chi connectivity index (χ3n) is 6.20. The van der Waals surface area contributed by atoms with Crippen molar-refractivity contribution in [3.05, 3.63) is 77.5 Å². The molecule has 0 fully saturated rings. The Morgan fingerprint density at radius 1 is 0.912 bits per heavy atom. The van der Waals surface area contributed by atoms with E-state index in [4.69, 9.17) is 24.9 Å². The van der Waals surface area contributed by atoms with Gasteiger partial charge >= 0.3 is 0 Å². The van der Waals surface area contributed by atoms with Crippen molar-refractivity contribution in [2.75, 3.05) is 27.1 Å². The maximum absolute atomic E-state index is 13.3. The van der Waals surface area contributed by atoms with Crippen molar-refractivity contribution in [3.63, 3.8) is 0 Å². The van der Waals surface area contributed by atoms with Gasteiger partial charge in [-0.25, -0.2) is 4.98 Å². The van der Waals surface area contributed by atoms with Gasteiger partial charge in [0.25, 0.3) is 5.91 Å². The van der Waals surface area contributed by atoms with E-state index in [0.717, 1.165) is 33.3 Å². The first-order valence-corrected chi connectivity index (χ1v) is 10.9. The number of methoxy groups -OCH3 is 3. The molecule has 172 valence electrons. The zero-order valence-electron chi connectivity index (χ0n) is 19.3. The number of ether oxygens (including phenoxy) is 3. The van der Waals surface area contributed by atoms with Crippen molar-refractivity contribution in [3.8, 4) is 28.4 Å². The molecule has 7 nitrogen and oxygen atoms in total. The number of fused-ring (bicyclic) bond motifs is 2. The standard InChI is InChI=1S/C27H25N3O4/c1-32-17-9-7-16(8-10-17)14-30-15-22-24(27(30)31)25(28)21-6-4-5-20(26(21)29-22)19-12-11-18(33-2)13-23(19)34-3/h4-13H,14-15H2,1-3H3,(H2,28,29).